The summed E-state index contributed by atoms with van der Waals surface area (Å²) in [4.78, 5) is 43.1. The Morgan fingerprint density at radius 1 is 1.10 bits per heavy atom. The van der Waals surface area contributed by atoms with Crippen molar-refractivity contribution in [2.75, 3.05) is 33.4 Å². The normalized spacial score (nSPS) is 41.2. The third kappa shape index (κ3) is 6.40. The Labute approximate surface area is 298 Å². The average molecular weight is 696 g/mol. The fourth-order valence-corrected chi connectivity index (χ4v) is 11.0. The van der Waals surface area contributed by atoms with E-state index in [0.717, 1.165) is 69.2 Å². The van der Waals surface area contributed by atoms with Crippen molar-refractivity contribution >= 4 is 17.5 Å². The fourth-order valence-electron chi connectivity index (χ4n) is 11.0. The highest BCUT2D eigenvalue weighted by Crippen LogP contribution is 2.62. The van der Waals surface area contributed by atoms with Gasteiger partial charge in [-0.1, -0.05) is 30.6 Å². The predicted octanol–water partition coefficient (Wildman–Crippen LogP) is 0.767. The molecule has 50 heavy (non-hydrogen) atoms. The lowest BCUT2D eigenvalue weighted by Gasteiger charge is -2.41. The molecule has 0 spiro atoms. The van der Waals surface area contributed by atoms with E-state index in [1.165, 1.54) is 24.8 Å². The van der Waals surface area contributed by atoms with E-state index in [2.05, 4.69) is 53.5 Å². The zero-order chi connectivity index (χ0) is 35.0. The number of esters is 1. The number of nitrogens with two attached hydrogens (primary N) is 3. The van der Waals surface area contributed by atoms with Crippen LogP contribution in [-0.4, -0.2) is 85.6 Å². The van der Waals surface area contributed by atoms with Crippen LogP contribution in [0.15, 0.2) is 34.9 Å². The number of hydrogen-bond acceptors (Lipinski definition) is 7. The van der Waals surface area contributed by atoms with E-state index in [9.17, 15) is 19.5 Å². The van der Waals surface area contributed by atoms with Crippen LogP contribution in [0.2, 0.25) is 0 Å². The van der Waals surface area contributed by atoms with Gasteiger partial charge in [-0.25, -0.2) is 10.1 Å². The third-order valence-electron chi connectivity index (χ3n) is 14.0. The van der Waals surface area contributed by atoms with E-state index in [1.54, 1.807) is 0 Å². The number of allylic oxidation sites excluding steroid dienone is 4. The minimum absolute atomic E-state index is 0.0778. The molecule has 3 saturated heterocycles. The van der Waals surface area contributed by atoms with Gasteiger partial charge >= 0.3 is 5.97 Å². The van der Waals surface area contributed by atoms with E-state index in [-0.39, 0.29) is 43.2 Å². The first-order valence-corrected chi connectivity index (χ1v) is 20.1. The Kier molecular flexibility index (Phi) is 10.9. The molecule has 0 amide bonds. The van der Waals surface area contributed by atoms with Gasteiger partial charge < -0.3 is 30.5 Å². The number of hydrogen-bond donors (Lipinski definition) is 5. The molecule has 0 aromatic heterocycles. The predicted molar refractivity (Wildman–Crippen MR) is 187 cm³/mol. The summed E-state index contributed by atoms with van der Waals surface area (Å²) >= 11 is 0. The topological polar surface area (TPSA) is 155 Å². The maximum Gasteiger partial charge on any atom is 0.350 e. The second-order valence-corrected chi connectivity index (χ2v) is 16.7. The molecule has 3 heterocycles. The van der Waals surface area contributed by atoms with Crippen LogP contribution in [0.25, 0.3) is 0 Å². The van der Waals surface area contributed by atoms with Gasteiger partial charge in [0.05, 0.1) is 26.7 Å². The number of aliphatic hydroxyl groups excluding tert-OH is 1. The van der Waals surface area contributed by atoms with E-state index >= 15 is 0 Å². The number of ether oxygens (including phenoxy) is 2. The molecule has 0 radical (unpaired) electrons. The van der Waals surface area contributed by atoms with Crippen LogP contribution < -0.4 is 21.3 Å². The lowest BCUT2D eigenvalue weighted by Crippen LogP contribution is -3.02. The van der Waals surface area contributed by atoms with Crippen molar-refractivity contribution in [3.8, 4) is 0 Å². The quantitative estimate of drug-likeness (QED) is 0.0875. The molecule has 2 saturated carbocycles. The molecular weight excluding hydrogens is 632 g/mol. The van der Waals surface area contributed by atoms with Gasteiger partial charge in [0.15, 0.2) is 17.2 Å². The highest BCUT2D eigenvalue weighted by molar-refractivity contribution is 6.23. The summed E-state index contributed by atoms with van der Waals surface area (Å²) in [6.07, 6.45) is 19.4. The van der Waals surface area contributed by atoms with Gasteiger partial charge in [0.1, 0.15) is 25.0 Å². The van der Waals surface area contributed by atoms with Crippen molar-refractivity contribution < 1.29 is 44.9 Å². The maximum atomic E-state index is 14.4. The van der Waals surface area contributed by atoms with Gasteiger partial charge in [-0.05, 0) is 101 Å². The highest BCUT2D eigenvalue weighted by atomic mass is 16.7. The molecule has 7 aliphatic rings. The van der Waals surface area contributed by atoms with Crippen LogP contribution in [0.5, 0.6) is 0 Å². The third-order valence-corrected chi connectivity index (χ3v) is 14.0. The largest absolute Gasteiger partial charge is 0.463 e. The van der Waals surface area contributed by atoms with Crippen molar-refractivity contribution in [1.82, 2.24) is 5.32 Å². The smallest absolute Gasteiger partial charge is 0.350 e. The number of nitrogens with one attached hydrogen (secondary N) is 1. The van der Waals surface area contributed by atoms with Gasteiger partial charge in [-0.15, -0.1) is 0 Å². The number of Topliss-reactive ketones (excluding diaryl/α,β-unsaturated/α-hetero) is 2. The van der Waals surface area contributed by atoms with Crippen LogP contribution >= 0.6 is 0 Å². The van der Waals surface area contributed by atoms with Gasteiger partial charge in [-0.2, -0.15) is 0 Å². The minimum Gasteiger partial charge on any atom is -0.463 e. The summed E-state index contributed by atoms with van der Waals surface area (Å²) in [5, 5.41) is 21.6. The molecule has 4 aliphatic carbocycles. The number of piperidine rings is 2. The van der Waals surface area contributed by atoms with Crippen molar-refractivity contribution in [2.45, 2.75) is 127 Å². The Hall–Kier alpha value is -2.21. The molecule has 8 N–H and O–H groups in total. The van der Waals surface area contributed by atoms with Gasteiger partial charge in [0.2, 0.25) is 0 Å². The molecule has 0 aromatic rings. The Morgan fingerprint density at radius 2 is 1.90 bits per heavy atom. The standard InChI is InChI=1S/C40H60N4O6/c1-4-42-33-20-27-10-6-5-9-26(27)19-28(33)23-49-38(48)40-36(47)32-12-8-7-11-31(32)35(46)39(40,50-40)21-29(22-45)24(2)13-14-25-17-18-43-37-30(25)15-16-34(41-3)44-37/h6,10,20,25-26,28,30-34,37,41-45H,4-5,7-9,11-19,21-23H2,1-3H3/p+3/t25?,26-,28-,30?,31?,32?,33-,34+,37?,39-,40-/m0/s1. The van der Waals surface area contributed by atoms with Gasteiger partial charge in [0, 0.05) is 36.5 Å². The number of quaternary nitrogens is 3. The van der Waals surface area contributed by atoms with Crippen molar-refractivity contribution in [2.24, 2.45) is 35.5 Å². The molecular formula is C40H63N4O6+3. The lowest BCUT2D eigenvalue weighted by atomic mass is 9.60. The van der Waals surface area contributed by atoms with Crippen LogP contribution in [0.3, 0.4) is 0 Å². The van der Waals surface area contributed by atoms with E-state index in [0.29, 0.717) is 42.9 Å². The molecule has 3 aliphatic heterocycles. The van der Waals surface area contributed by atoms with Crippen molar-refractivity contribution in [1.29, 1.82) is 0 Å². The monoisotopic (exact) mass is 695 g/mol. The number of fused-ring (bicyclic) bond motifs is 4. The fraction of sp³-hybridized carbons (Fsp3) is 0.775. The summed E-state index contributed by atoms with van der Waals surface area (Å²) in [6, 6.07) is 0.190. The molecule has 7 rings (SSSR count). The number of rotatable bonds is 12. The molecule has 5 unspecified atom stereocenters. The number of ketones is 2. The summed E-state index contributed by atoms with van der Waals surface area (Å²) in [7, 11) is 2.14. The van der Waals surface area contributed by atoms with Crippen molar-refractivity contribution in [3.63, 3.8) is 0 Å². The summed E-state index contributed by atoms with van der Waals surface area (Å²) in [6.45, 7) is 6.19. The van der Waals surface area contributed by atoms with Crippen LogP contribution in [0.1, 0.15) is 97.3 Å². The zero-order valence-corrected chi connectivity index (χ0v) is 30.7. The average Bonchev–Trinajstić information content (AvgIpc) is 3.85. The molecule has 10 nitrogen and oxygen atoms in total. The lowest BCUT2D eigenvalue weighted by molar-refractivity contribution is -0.739. The summed E-state index contributed by atoms with van der Waals surface area (Å²) in [5.74, 6) is -0.217. The van der Waals surface area contributed by atoms with E-state index in [4.69, 9.17) is 9.47 Å². The van der Waals surface area contributed by atoms with Gasteiger partial charge in [0.25, 0.3) is 5.60 Å². The molecule has 5 fully saturated rings. The van der Waals surface area contributed by atoms with Crippen LogP contribution in [-0.2, 0) is 23.9 Å². The Bertz CT molecular complexity index is 1410. The second-order valence-electron chi connectivity index (χ2n) is 16.7. The van der Waals surface area contributed by atoms with Gasteiger partial charge in [-0.3, -0.25) is 9.59 Å². The Balaban J connectivity index is 1.09. The number of likely N-dealkylation sites (N-methyl/N-ethyl adjacent to an activating group) is 1. The first kappa shape index (κ1) is 36.2. The van der Waals surface area contributed by atoms with Crippen molar-refractivity contribution in [3.05, 3.63) is 34.9 Å². The maximum absolute atomic E-state index is 14.4. The van der Waals surface area contributed by atoms with Crippen LogP contribution in [0, 0.1) is 35.5 Å². The summed E-state index contributed by atoms with van der Waals surface area (Å²) < 4.78 is 12.5. The molecule has 11 atom stereocenters. The number of carbonyl (C=O) groups excluding carboxylic acids is 3. The molecule has 0 aromatic carbocycles. The SMILES string of the molecule is CC[NH2+][C@H]1C=C2C=CCC[C@H]2C[C@H]1COC(=O)[C@]12O[C@@]1(CC(CO)=C(C)CCC1CC[NH2+]C3N[C@@H]([NH2+]C)CCC13)C(=O)C1CCCCC1C2=O. The van der Waals surface area contributed by atoms with E-state index in [1.807, 2.05) is 6.92 Å². The second kappa shape index (κ2) is 15.0. The first-order chi connectivity index (χ1) is 24.3. The van der Waals surface area contributed by atoms with Crippen LogP contribution in [0.4, 0.5) is 0 Å². The Morgan fingerprint density at radius 3 is 2.66 bits per heavy atom. The zero-order valence-electron chi connectivity index (χ0n) is 30.7. The highest BCUT2D eigenvalue weighted by Gasteiger charge is 2.87. The molecule has 10 heteroatoms. The number of epoxide rings is 1. The minimum atomic E-state index is -1.90. The first-order valence-electron chi connectivity index (χ1n) is 20.1. The number of carbonyl (C=O) groups is 3. The summed E-state index contributed by atoms with van der Waals surface area (Å²) in [5.41, 5.74) is -0.323. The number of aliphatic hydroxyl groups is 1. The molecule has 0 bridgehead atoms. The molecule has 276 valence electrons. The van der Waals surface area contributed by atoms with E-state index < -0.39 is 29.0 Å².